The van der Waals surface area contributed by atoms with Crippen LogP contribution in [0.25, 0.3) is 11.1 Å². The van der Waals surface area contributed by atoms with Gasteiger partial charge in [0, 0.05) is 87.2 Å². The average molecular weight is 1060 g/mol. The van der Waals surface area contributed by atoms with Crippen LogP contribution >= 0.6 is 21.6 Å². The molecule has 4 bridgehead atoms. The molecule has 0 aliphatic carbocycles. The highest BCUT2D eigenvalue weighted by Gasteiger charge is 2.64. The zero-order valence-corrected chi connectivity index (χ0v) is 45.4. The lowest BCUT2D eigenvalue weighted by molar-refractivity contribution is -0.197. The van der Waals surface area contributed by atoms with Gasteiger partial charge in [-0.2, -0.15) is 0 Å². The van der Waals surface area contributed by atoms with E-state index in [0.29, 0.717) is 52.6 Å². The van der Waals surface area contributed by atoms with Crippen LogP contribution in [0.1, 0.15) is 112 Å². The number of rotatable bonds is 16. The van der Waals surface area contributed by atoms with E-state index in [1.54, 1.807) is 60.9 Å². The van der Waals surface area contributed by atoms with E-state index in [0.717, 1.165) is 11.1 Å². The largest absolute Gasteiger partial charge is 0.496 e. The second kappa shape index (κ2) is 24.6. The molecular weight excluding hydrogens is 995 g/mol. The molecule has 3 fully saturated rings. The number of methoxy groups -OCH3 is 1. The molecule has 4 aliphatic rings. The van der Waals surface area contributed by atoms with Gasteiger partial charge in [0.05, 0.1) is 25.3 Å². The summed E-state index contributed by atoms with van der Waals surface area (Å²) in [5, 5.41) is 17.8. The van der Waals surface area contributed by atoms with E-state index in [4.69, 9.17) is 23.8 Å². The van der Waals surface area contributed by atoms with Crippen molar-refractivity contribution in [1.29, 1.82) is 0 Å². The van der Waals surface area contributed by atoms with Crippen molar-refractivity contribution < 1.29 is 67.2 Å². The van der Waals surface area contributed by atoms with Crippen LogP contribution in [0.15, 0.2) is 60.2 Å². The van der Waals surface area contributed by atoms with Crippen molar-refractivity contribution >= 4 is 80.5 Å². The first-order chi connectivity index (χ1) is 34.9. The molecule has 74 heavy (non-hydrogen) atoms. The number of anilines is 2. The highest BCUT2D eigenvalue weighted by Crippen LogP contribution is 2.49. The Morgan fingerprint density at radius 2 is 1.64 bits per heavy atom. The zero-order chi connectivity index (χ0) is 54.2. The zero-order valence-electron chi connectivity index (χ0n) is 43.7. The highest BCUT2D eigenvalue weighted by atomic mass is 33.1. The minimum Gasteiger partial charge on any atom is -0.496 e. The van der Waals surface area contributed by atoms with E-state index < -0.39 is 77.4 Å². The first kappa shape index (κ1) is 57.4. The molecule has 402 valence electrons. The number of alkyl carbamates (subject to hydrolysis) is 1. The number of amides is 6. The number of ether oxygens (including phenoxy) is 4. The van der Waals surface area contributed by atoms with Crippen molar-refractivity contribution in [1.82, 2.24) is 15.3 Å². The molecule has 0 aromatic heterocycles. The second-order valence-corrected chi connectivity index (χ2v) is 23.0. The predicted octanol–water partition coefficient (Wildman–Crippen LogP) is 7.19. The van der Waals surface area contributed by atoms with Gasteiger partial charge in [-0.3, -0.25) is 29.3 Å². The van der Waals surface area contributed by atoms with Crippen LogP contribution in [0.4, 0.5) is 16.2 Å². The lowest BCUT2D eigenvalue weighted by Crippen LogP contribution is -2.57. The third-order valence-corrected chi connectivity index (χ3v) is 17.4. The SMILES string of the molecule is COc1cc2cc(c1-c1ccc(NC(=O)CCC(C)SSC(C)CCC(=O)ON3C(=O)CCC3=O)cc1)N(C)C(=O)C[C@H](OC(=O)[C@H](C)N(C)C(C)=O)[C@]1(C)O[C@H]1[C@H](C)[C@@H]1C[C@](O)(C/C=C/C=C(\C)C2)NC(=O)O1. The predicted molar refractivity (Wildman–Crippen MR) is 279 cm³/mol. The number of allylic oxidation sites excluding steroid dienone is 3. The molecule has 0 saturated carbocycles. The molecule has 4 heterocycles. The van der Waals surface area contributed by atoms with Gasteiger partial charge in [-0.15, -0.1) is 5.06 Å². The summed E-state index contributed by atoms with van der Waals surface area (Å²) in [4.78, 5) is 110. The Morgan fingerprint density at radius 1 is 0.986 bits per heavy atom. The summed E-state index contributed by atoms with van der Waals surface area (Å²) >= 11 is 0. The average Bonchev–Trinajstić information content (AvgIpc) is 3.96. The first-order valence-electron chi connectivity index (χ1n) is 24.8. The first-order valence-corrected chi connectivity index (χ1v) is 27.1. The quantitative estimate of drug-likeness (QED) is 0.0652. The van der Waals surface area contributed by atoms with E-state index in [1.165, 1.54) is 30.7 Å². The number of imide groups is 1. The van der Waals surface area contributed by atoms with Crippen LogP contribution in [0.2, 0.25) is 0 Å². The summed E-state index contributed by atoms with van der Waals surface area (Å²) in [6.07, 6.45) is 3.76. The van der Waals surface area contributed by atoms with Gasteiger partial charge in [-0.25, -0.2) is 14.4 Å². The summed E-state index contributed by atoms with van der Waals surface area (Å²) < 4.78 is 24.2. The van der Waals surface area contributed by atoms with Crippen LogP contribution in [0.3, 0.4) is 0 Å². The molecule has 0 spiro atoms. The van der Waals surface area contributed by atoms with Crippen molar-refractivity contribution in [2.75, 3.05) is 31.4 Å². The number of hydrogen-bond donors (Lipinski definition) is 3. The number of nitrogens with zero attached hydrogens (tertiary/aromatic N) is 3. The van der Waals surface area contributed by atoms with Crippen molar-refractivity contribution in [2.45, 2.75) is 159 Å². The lowest BCUT2D eigenvalue weighted by atomic mass is 9.84. The third-order valence-electron chi connectivity index (χ3n) is 13.9. The molecular formula is C53H69N5O14S2. The van der Waals surface area contributed by atoms with Gasteiger partial charge in [0.1, 0.15) is 35.3 Å². The Morgan fingerprint density at radius 3 is 2.27 bits per heavy atom. The number of esters is 1. The summed E-state index contributed by atoms with van der Waals surface area (Å²) in [5.41, 5.74) is 1.22. The van der Waals surface area contributed by atoms with E-state index in [2.05, 4.69) is 10.6 Å². The molecule has 9 atom stereocenters. The summed E-state index contributed by atoms with van der Waals surface area (Å²) in [6.45, 7) is 12.3. The number of nitrogens with one attached hydrogen (secondary N) is 2. The molecule has 0 radical (unpaired) electrons. The summed E-state index contributed by atoms with van der Waals surface area (Å²) in [7, 11) is 7.84. The minimum atomic E-state index is -1.62. The number of benzene rings is 2. The number of epoxide rings is 1. The number of aliphatic hydroxyl groups is 1. The monoisotopic (exact) mass is 1060 g/mol. The van der Waals surface area contributed by atoms with Crippen LogP contribution in [-0.2, 0) is 59.0 Å². The highest BCUT2D eigenvalue weighted by molar-refractivity contribution is 8.77. The Bertz CT molecular complexity index is 2520. The number of hydroxylamine groups is 2. The number of likely N-dealkylation sites (N-methyl/N-ethyl adjacent to an activating group) is 1. The van der Waals surface area contributed by atoms with E-state index >= 15 is 0 Å². The van der Waals surface area contributed by atoms with Crippen molar-refractivity contribution in [2.24, 2.45) is 5.92 Å². The van der Waals surface area contributed by atoms with Gasteiger partial charge in [-0.1, -0.05) is 78.3 Å². The second-order valence-electron chi connectivity index (χ2n) is 19.9. The maximum Gasteiger partial charge on any atom is 0.409 e. The summed E-state index contributed by atoms with van der Waals surface area (Å²) in [6, 6.07) is 10.0. The molecule has 2 aromatic carbocycles. The Labute approximate surface area is 440 Å². The smallest absolute Gasteiger partial charge is 0.409 e. The lowest BCUT2D eigenvalue weighted by Gasteiger charge is -2.39. The molecule has 2 unspecified atom stereocenters. The summed E-state index contributed by atoms with van der Waals surface area (Å²) in [5.74, 6) is -3.43. The number of hydrogen-bond acceptors (Lipinski definition) is 16. The maximum atomic E-state index is 14.8. The fourth-order valence-corrected chi connectivity index (χ4v) is 11.6. The van der Waals surface area contributed by atoms with Crippen LogP contribution < -0.4 is 20.3 Å². The number of fused-ring (bicyclic) bond motifs is 5. The fraction of sp³-hybridized carbons (Fsp3) is 0.547. The van der Waals surface area contributed by atoms with Crippen molar-refractivity contribution in [3.8, 4) is 16.9 Å². The van der Waals surface area contributed by atoms with E-state index in [9.17, 15) is 43.5 Å². The molecule has 2 aromatic rings. The van der Waals surface area contributed by atoms with Gasteiger partial charge in [0.2, 0.25) is 17.7 Å². The van der Waals surface area contributed by atoms with Gasteiger partial charge in [-0.05, 0) is 75.4 Å². The van der Waals surface area contributed by atoms with E-state index in [-0.39, 0.29) is 67.3 Å². The van der Waals surface area contributed by atoms with Crippen LogP contribution in [-0.4, -0.2) is 130 Å². The molecule has 3 saturated heterocycles. The normalized spacial score (nSPS) is 26.5. The molecule has 19 nitrogen and oxygen atoms in total. The van der Waals surface area contributed by atoms with Crippen molar-refractivity contribution in [3.63, 3.8) is 0 Å². The number of carbonyl (C=O) groups is 8. The maximum absolute atomic E-state index is 14.8. The van der Waals surface area contributed by atoms with Gasteiger partial charge in [0.25, 0.3) is 11.8 Å². The fourth-order valence-electron chi connectivity index (χ4n) is 9.03. The minimum absolute atomic E-state index is 0.0368. The van der Waals surface area contributed by atoms with Crippen LogP contribution in [0.5, 0.6) is 5.75 Å². The number of carbonyl (C=O) groups excluding carboxylic acids is 8. The van der Waals surface area contributed by atoms with Crippen molar-refractivity contribution in [3.05, 3.63) is 65.8 Å². The van der Waals surface area contributed by atoms with Gasteiger partial charge >= 0.3 is 18.0 Å². The van der Waals surface area contributed by atoms with Gasteiger partial charge < -0.3 is 44.0 Å². The van der Waals surface area contributed by atoms with Crippen LogP contribution in [0, 0.1) is 5.92 Å². The topological polar surface area (TPSA) is 240 Å². The Hall–Kier alpha value is -5.90. The molecule has 3 N–H and O–H groups in total. The molecule has 4 aliphatic heterocycles. The van der Waals surface area contributed by atoms with Gasteiger partial charge in [0.15, 0.2) is 0 Å². The molecule has 21 heteroatoms. The molecule has 6 amide bonds. The molecule has 6 rings (SSSR count). The van der Waals surface area contributed by atoms with E-state index in [1.807, 2.05) is 64.1 Å². The Kier molecular flexibility index (Phi) is 19.1. The Balaban J connectivity index is 1.19. The standard InChI is InChI=1S/C53H69N5O14S2/c1-30-13-11-12-24-53(67)29-41(69-51(66)55-53)33(4)49-52(7,71-49)42(70-50(65)34(5)56(8)35(6)59)28-46(63)57(9)39-26-36(25-30)27-40(68-10)48(39)37-16-18-38(19-17-37)54-43(60)20-14-31(2)73-74-32(3)15-23-47(64)72-58-44(61)21-22-45(58)62/h11-13,16-19,26-27,31-34,41-42,49,67H,14-15,20-25,28-29H2,1-10H3,(H,54,60)(H,55,66)/b12-11+,30-13+/t31?,32?,33-,34+,41+,42+,49+,52+,53-/m1/s1. The third kappa shape index (κ3) is 14.5.